The van der Waals surface area contributed by atoms with Crippen LogP contribution in [0.15, 0.2) is 65.6 Å². The number of carbonyl (C=O) groups excluding carboxylic acids is 1. The van der Waals surface area contributed by atoms with Crippen LogP contribution < -0.4 is 5.32 Å². The summed E-state index contributed by atoms with van der Waals surface area (Å²) in [6.45, 7) is 2.68. The van der Waals surface area contributed by atoms with E-state index in [0.29, 0.717) is 36.0 Å². The summed E-state index contributed by atoms with van der Waals surface area (Å²) in [5.74, 6) is -0.324. The SMILES string of the molecule is Cc1ccc2nc(NC(=O)C3CCN(S(=O)(=O)c4ccc5ccccc5c4)CC3)sc2c1. The monoisotopic (exact) mass is 465 g/mol. The van der Waals surface area contributed by atoms with E-state index in [2.05, 4.69) is 16.4 Å². The Labute approximate surface area is 190 Å². The van der Waals surface area contributed by atoms with Crippen LogP contribution in [0.25, 0.3) is 21.0 Å². The predicted molar refractivity (Wildman–Crippen MR) is 128 cm³/mol. The van der Waals surface area contributed by atoms with Gasteiger partial charge in [0.2, 0.25) is 15.9 Å². The molecule has 1 aromatic heterocycles. The van der Waals surface area contributed by atoms with Crippen LogP contribution in [0.3, 0.4) is 0 Å². The molecule has 1 aliphatic heterocycles. The Bertz CT molecular complexity index is 1420. The van der Waals surface area contributed by atoms with Gasteiger partial charge in [0.15, 0.2) is 5.13 Å². The van der Waals surface area contributed by atoms with Crippen molar-refractivity contribution in [3.63, 3.8) is 0 Å². The first-order valence-electron chi connectivity index (χ1n) is 10.6. The molecule has 0 atom stereocenters. The molecule has 164 valence electrons. The summed E-state index contributed by atoms with van der Waals surface area (Å²) in [7, 11) is -3.59. The number of carbonyl (C=O) groups is 1. The third-order valence-electron chi connectivity index (χ3n) is 5.96. The number of piperidine rings is 1. The van der Waals surface area contributed by atoms with E-state index < -0.39 is 10.0 Å². The predicted octanol–water partition coefficient (Wildman–Crippen LogP) is 4.80. The molecular formula is C24H23N3O3S2. The molecule has 4 aromatic rings. The first kappa shape index (κ1) is 21.1. The fourth-order valence-electron chi connectivity index (χ4n) is 4.13. The van der Waals surface area contributed by atoms with Gasteiger partial charge in [-0.15, -0.1) is 0 Å². The zero-order valence-corrected chi connectivity index (χ0v) is 19.2. The molecule has 0 spiro atoms. The third kappa shape index (κ3) is 4.01. The molecule has 5 rings (SSSR count). The minimum absolute atomic E-state index is 0.0940. The zero-order chi connectivity index (χ0) is 22.3. The highest BCUT2D eigenvalue weighted by Gasteiger charge is 2.32. The number of benzene rings is 3. The maximum absolute atomic E-state index is 13.1. The van der Waals surface area contributed by atoms with Crippen LogP contribution in [0.2, 0.25) is 0 Å². The second kappa shape index (κ2) is 8.27. The summed E-state index contributed by atoms with van der Waals surface area (Å²) < 4.78 is 28.8. The molecule has 0 bridgehead atoms. The lowest BCUT2D eigenvalue weighted by Gasteiger charge is -2.30. The summed E-state index contributed by atoms with van der Waals surface area (Å²) in [5, 5.41) is 5.41. The average Bonchev–Trinajstić information content (AvgIpc) is 3.20. The number of fused-ring (bicyclic) bond motifs is 2. The Morgan fingerprint density at radius 3 is 2.56 bits per heavy atom. The van der Waals surface area contributed by atoms with Crippen molar-refractivity contribution in [2.24, 2.45) is 5.92 Å². The van der Waals surface area contributed by atoms with Crippen molar-refractivity contribution in [3.05, 3.63) is 66.2 Å². The van der Waals surface area contributed by atoms with Crippen molar-refractivity contribution >= 4 is 53.4 Å². The Balaban J connectivity index is 1.25. The van der Waals surface area contributed by atoms with Gasteiger partial charge in [-0.2, -0.15) is 4.31 Å². The number of anilines is 1. The smallest absolute Gasteiger partial charge is 0.243 e. The molecule has 6 nitrogen and oxygen atoms in total. The number of aryl methyl sites for hydroxylation is 1. The van der Waals surface area contributed by atoms with Crippen LogP contribution in [0.4, 0.5) is 5.13 Å². The fourth-order valence-corrected chi connectivity index (χ4v) is 6.60. The van der Waals surface area contributed by atoms with E-state index in [1.807, 2.05) is 49.4 Å². The average molecular weight is 466 g/mol. The number of rotatable bonds is 4. The lowest BCUT2D eigenvalue weighted by Crippen LogP contribution is -2.41. The van der Waals surface area contributed by atoms with E-state index in [9.17, 15) is 13.2 Å². The van der Waals surface area contributed by atoms with Gasteiger partial charge in [0.05, 0.1) is 15.1 Å². The molecule has 0 unspecified atom stereocenters. The van der Waals surface area contributed by atoms with Gasteiger partial charge in [0.25, 0.3) is 0 Å². The van der Waals surface area contributed by atoms with E-state index in [1.165, 1.54) is 15.6 Å². The Kier molecular flexibility index (Phi) is 5.44. The van der Waals surface area contributed by atoms with Crippen molar-refractivity contribution in [1.29, 1.82) is 0 Å². The van der Waals surface area contributed by atoms with Gasteiger partial charge >= 0.3 is 0 Å². The van der Waals surface area contributed by atoms with Gasteiger partial charge in [-0.25, -0.2) is 13.4 Å². The van der Waals surface area contributed by atoms with E-state index >= 15 is 0 Å². The van der Waals surface area contributed by atoms with Gasteiger partial charge in [0.1, 0.15) is 0 Å². The van der Waals surface area contributed by atoms with Crippen molar-refractivity contribution in [2.45, 2.75) is 24.7 Å². The maximum atomic E-state index is 13.1. The number of hydrogen-bond donors (Lipinski definition) is 1. The first-order valence-corrected chi connectivity index (χ1v) is 12.8. The molecular weight excluding hydrogens is 442 g/mol. The van der Waals surface area contributed by atoms with E-state index in [1.54, 1.807) is 12.1 Å². The Morgan fingerprint density at radius 2 is 1.78 bits per heavy atom. The summed E-state index contributed by atoms with van der Waals surface area (Å²) in [6.07, 6.45) is 0.977. The molecule has 0 radical (unpaired) electrons. The number of sulfonamides is 1. The van der Waals surface area contributed by atoms with E-state index in [0.717, 1.165) is 26.6 Å². The second-order valence-electron chi connectivity index (χ2n) is 8.17. The van der Waals surface area contributed by atoms with Crippen LogP contribution in [0.5, 0.6) is 0 Å². The summed E-state index contributed by atoms with van der Waals surface area (Å²) in [6, 6.07) is 18.9. The largest absolute Gasteiger partial charge is 0.302 e. The van der Waals surface area contributed by atoms with Crippen LogP contribution in [-0.4, -0.2) is 36.7 Å². The quantitative estimate of drug-likeness (QED) is 0.470. The molecule has 3 aromatic carbocycles. The second-order valence-corrected chi connectivity index (χ2v) is 11.1. The molecule has 1 amide bonds. The van der Waals surface area contributed by atoms with E-state index in [4.69, 9.17) is 0 Å². The number of amides is 1. The third-order valence-corrected chi connectivity index (χ3v) is 8.79. The summed E-state index contributed by atoms with van der Waals surface area (Å²) >= 11 is 1.46. The topological polar surface area (TPSA) is 79.4 Å². The van der Waals surface area contributed by atoms with Crippen molar-refractivity contribution in [3.8, 4) is 0 Å². The van der Waals surface area contributed by atoms with Gasteiger partial charge in [-0.1, -0.05) is 47.7 Å². The molecule has 8 heteroatoms. The van der Waals surface area contributed by atoms with Crippen LogP contribution >= 0.6 is 11.3 Å². The molecule has 1 fully saturated rings. The Morgan fingerprint density at radius 1 is 1.03 bits per heavy atom. The lowest BCUT2D eigenvalue weighted by molar-refractivity contribution is -0.120. The number of aromatic nitrogens is 1. The zero-order valence-electron chi connectivity index (χ0n) is 17.6. The molecule has 1 N–H and O–H groups in total. The number of hydrogen-bond acceptors (Lipinski definition) is 5. The molecule has 0 saturated carbocycles. The summed E-state index contributed by atoms with van der Waals surface area (Å²) in [4.78, 5) is 17.6. The molecule has 0 aliphatic carbocycles. The van der Waals surface area contributed by atoms with Crippen molar-refractivity contribution in [2.75, 3.05) is 18.4 Å². The fraction of sp³-hybridized carbons (Fsp3) is 0.250. The maximum Gasteiger partial charge on any atom is 0.243 e. The molecule has 2 heterocycles. The molecule has 32 heavy (non-hydrogen) atoms. The number of nitrogens with zero attached hydrogens (tertiary/aromatic N) is 2. The Hall–Kier alpha value is -2.81. The van der Waals surface area contributed by atoms with Crippen molar-refractivity contribution in [1.82, 2.24) is 9.29 Å². The highest BCUT2D eigenvalue weighted by Crippen LogP contribution is 2.29. The van der Waals surface area contributed by atoms with Crippen LogP contribution in [0.1, 0.15) is 18.4 Å². The standard InChI is InChI=1S/C24H23N3O3S2/c1-16-6-9-21-22(14-16)31-24(25-21)26-23(28)18-10-12-27(13-11-18)32(29,30)20-8-7-17-4-2-3-5-19(17)15-20/h2-9,14-15,18H,10-13H2,1H3,(H,25,26,28). The molecule has 1 saturated heterocycles. The highest BCUT2D eigenvalue weighted by atomic mass is 32.2. The van der Waals surface area contributed by atoms with Gasteiger partial charge in [-0.3, -0.25) is 4.79 Å². The minimum atomic E-state index is -3.59. The summed E-state index contributed by atoms with van der Waals surface area (Å²) in [5.41, 5.74) is 2.02. The van der Waals surface area contributed by atoms with Gasteiger partial charge < -0.3 is 5.32 Å². The highest BCUT2D eigenvalue weighted by molar-refractivity contribution is 7.89. The number of thiazole rings is 1. The van der Waals surface area contributed by atoms with Gasteiger partial charge in [0, 0.05) is 19.0 Å². The van der Waals surface area contributed by atoms with Crippen molar-refractivity contribution < 1.29 is 13.2 Å². The number of nitrogens with one attached hydrogen (secondary N) is 1. The van der Waals surface area contributed by atoms with Crippen LogP contribution in [0, 0.1) is 12.8 Å². The lowest BCUT2D eigenvalue weighted by atomic mass is 9.97. The van der Waals surface area contributed by atoms with Gasteiger partial charge in [-0.05, 0) is 60.4 Å². The molecule has 1 aliphatic rings. The van der Waals surface area contributed by atoms with E-state index in [-0.39, 0.29) is 11.8 Å². The normalized spacial score (nSPS) is 15.9. The minimum Gasteiger partial charge on any atom is -0.302 e. The van der Waals surface area contributed by atoms with Crippen LogP contribution in [-0.2, 0) is 14.8 Å². The first-order chi connectivity index (χ1) is 15.4.